The zero-order valence-electron chi connectivity index (χ0n) is 10.3. The molecule has 3 nitrogen and oxygen atoms in total. The lowest BCUT2D eigenvalue weighted by atomic mass is 10.2. The van der Waals surface area contributed by atoms with Gasteiger partial charge in [-0.25, -0.2) is 4.39 Å². The van der Waals surface area contributed by atoms with Gasteiger partial charge in [0.2, 0.25) is 5.82 Å². The fourth-order valence-electron chi connectivity index (χ4n) is 1.63. The number of nitrogen functional groups attached to an aromatic ring is 1. The minimum Gasteiger partial charge on any atom is -0.495 e. The highest BCUT2D eigenvalue weighted by Gasteiger charge is 2.09. The third kappa shape index (κ3) is 2.93. The van der Waals surface area contributed by atoms with Gasteiger partial charge in [0, 0.05) is 0 Å². The highest BCUT2D eigenvalue weighted by molar-refractivity contribution is 5.54. The van der Waals surface area contributed by atoms with Crippen LogP contribution < -0.4 is 15.2 Å². The van der Waals surface area contributed by atoms with Crippen molar-refractivity contribution in [1.82, 2.24) is 0 Å². The number of halogens is 2. The lowest BCUT2D eigenvalue weighted by Gasteiger charge is -2.09. The Bertz CT molecular complexity index is 588. The van der Waals surface area contributed by atoms with Gasteiger partial charge in [-0.15, -0.1) is 0 Å². The number of nitrogens with two attached hydrogens (primary N) is 1. The molecule has 0 aliphatic heterocycles. The molecule has 0 heterocycles. The van der Waals surface area contributed by atoms with Crippen molar-refractivity contribution in [3.05, 3.63) is 53.6 Å². The molecule has 19 heavy (non-hydrogen) atoms. The summed E-state index contributed by atoms with van der Waals surface area (Å²) < 4.78 is 36.6. The summed E-state index contributed by atoms with van der Waals surface area (Å²) in [6, 6.07) is 8.88. The average Bonchev–Trinajstić information content (AvgIpc) is 2.40. The van der Waals surface area contributed by atoms with E-state index in [0.29, 0.717) is 11.4 Å². The summed E-state index contributed by atoms with van der Waals surface area (Å²) in [7, 11) is 1.52. The maximum Gasteiger partial charge on any atom is 0.200 e. The minimum absolute atomic E-state index is 0.0918. The molecule has 0 aliphatic carbocycles. The van der Waals surface area contributed by atoms with Crippen LogP contribution >= 0.6 is 0 Å². The first kappa shape index (κ1) is 13.1. The number of hydrogen-bond donors (Lipinski definition) is 1. The molecule has 0 saturated carbocycles. The van der Waals surface area contributed by atoms with Gasteiger partial charge in [0.15, 0.2) is 11.6 Å². The van der Waals surface area contributed by atoms with E-state index in [4.69, 9.17) is 15.2 Å². The second-order valence-corrected chi connectivity index (χ2v) is 3.92. The molecule has 2 rings (SSSR count). The van der Waals surface area contributed by atoms with Crippen LogP contribution in [-0.4, -0.2) is 7.11 Å². The smallest absolute Gasteiger partial charge is 0.200 e. The molecule has 0 radical (unpaired) electrons. The zero-order chi connectivity index (χ0) is 13.8. The van der Waals surface area contributed by atoms with E-state index in [1.165, 1.54) is 19.2 Å². The summed E-state index contributed by atoms with van der Waals surface area (Å²) in [5.41, 5.74) is 6.94. The molecule has 0 atom stereocenters. The Labute approximate surface area is 109 Å². The molecule has 0 aliphatic rings. The molecule has 0 amide bonds. The molecule has 0 aromatic heterocycles. The fourth-order valence-corrected chi connectivity index (χ4v) is 1.63. The molecule has 2 aromatic rings. The molecule has 2 N–H and O–H groups in total. The number of benzene rings is 2. The first-order chi connectivity index (χ1) is 9.11. The third-order valence-electron chi connectivity index (χ3n) is 2.60. The highest BCUT2D eigenvalue weighted by atomic mass is 19.2. The number of ether oxygens (including phenoxy) is 2. The van der Waals surface area contributed by atoms with E-state index in [-0.39, 0.29) is 12.4 Å². The van der Waals surface area contributed by atoms with Gasteiger partial charge in [-0.2, -0.15) is 4.39 Å². The van der Waals surface area contributed by atoms with E-state index in [1.807, 2.05) is 0 Å². The van der Waals surface area contributed by atoms with Gasteiger partial charge in [0.25, 0.3) is 0 Å². The Hall–Kier alpha value is -2.30. The Balaban J connectivity index is 2.10. The van der Waals surface area contributed by atoms with Crippen molar-refractivity contribution < 1.29 is 18.3 Å². The van der Waals surface area contributed by atoms with Gasteiger partial charge < -0.3 is 15.2 Å². The fraction of sp³-hybridized carbons (Fsp3) is 0.143. The average molecular weight is 265 g/mol. The van der Waals surface area contributed by atoms with Crippen LogP contribution in [0, 0.1) is 11.6 Å². The molecule has 2 aromatic carbocycles. The van der Waals surface area contributed by atoms with Crippen LogP contribution in [0.1, 0.15) is 5.56 Å². The molecule has 0 saturated heterocycles. The highest BCUT2D eigenvalue weighted by Crippen LogP contribution is 2.24. The molecule has 0 spiro atoms. The summed E-state index contributed by atoms with van der Waals surface area (Å²) in [4.78, 5) is 0. The van der Waals surface area contributed by atoms with Crippen LogP contribution in [0.25, 0.3) is 0 Å². The zero-order valence-corrected chi connectivity index (χ0v) is 10.3. The van der Waals surface area contributed by atoms with Crippen molar-refractivity contribution in [2.75, 3.05) is 12.8 Å². The Morgan fingerprint density at radius 3 is 2.58 bits per heavy atom. The lowest BCUT2D eigenvalue weighted by molar-refractivity contribution is 0.284. The van der Waals surface area contributed by atoms with Gasteiger partial charge in [-0.05, 0) is 29.8 Å². The van der Waals surface area contributed by atoms with E-state index in [0.717, 1.165) is 11.6 Å². The first-order valence-corrected chi connectivity index (χ1v) is 5.61. The normalized spacial score (nSPS) is 10.3. The van der Waals surface area contributed by atoms with E-state index in [1.54, 1.807) is 18.2 Å². The number of hydrogen-bond acceptors (Lipinski definition) is 3. The van der Waals surface area contributed by atoms with Gasteiger partial charge in [0.05, 0.1) is 12.8 Å². The van der Waals surface area contributed by atoms with Gasteiger partial charge in [-0.3, -0.25) is 0 Å². The largest absolute Gasteiger partial charge is 0.495 e. The Morgan fingerprint density at radius 2 is 1.89 bits per heavy atom. The Morgan fingerprint density at radius 1 is 1.11 bits per heavy atom. The molecule has 0 bridgehead atoms. The standard InChI is InChI=1S/C14H13F2NO2/c1-18-12-6-5-9(7-11(12)17)8-19-13-4-2-3-10(15)14(13)16/h2-7H,8,17H2,1H3. The SMILES string of the molecule is COc1ccc(COc2cccc(F)c2F)cc1N. The molecule has 100 valence electrons. The van der Waals surface area contributed by atoms with Crippen molar-refractivity contribution in [2.24, 2.45) is 0 Å². The molecule has 0 unspecified atom stereocenters. The quantitative estimate of drug-likeness (QED) is 0.864. The third-order valence-corrected chi connectivity index (χ3v) is 2.60. The maximum atomic E-state index is 13.4. The lowest BCUT2D eigenvalue weighted by Crippen LogP contribution is -2.00. The minimum atomic E-state index is -0.996. The molecule has 0 fully saturated rings. The van der Waals surface area contributed by atoms with Crippen molar-refractivity contribution in [3.63, 3.8) is 0 Å². The Kier molecular flexibility index (Phi) is 3.85. The molecular weight excluding hydrogens is 252 g/mol. The van der Waals surface area contributed by atoms with Crippen molar-refractivity contribution >= 4 is 5.69 Å². The van der Waals surface area contributed by atoms with Crippen LogP contribution in [0.4, 0.5) is 14.5 Å². The molecular formula is C14H13F2NO2. The van der Waals surface area contributed by atoms with Crippen molar-refractivity contribution in [2.45, 2.75) is 6.61 Å². The van der Waals surface area contributed by atoms with E-state index in [2.05, 4.69) is 0 Å². The predicted octanol–water partition coefficient (Wildman–Crippen LogP) is 3.13. The topological polar surface area (TPSA) is 44.5 Å². The van der Waals surface area contributed by atoms with Crippen LogP contribution in [0.3, 0.4) is 0 Å². The van der Waals surface area contributed by atoms with Crippen molar-refractivity contribution in [1.29, 1.82) is 0 Å². The summed E-state index contributed by atoms with van der Waals surface area (Å²) >= 11 is 0. The van der Waals surface area contributed by atoms with E-state index < -0.39 is 11.6 Å². The maximum absolute atomic E-state index is 13.4. The number of methoxy groups -OCH3 is 1. The van der Waals surface area contributed by atoms with Crippen LogP contribution in [0.2, 0.25) is 0 Å². The molecule has 5 heteroatoms. The van der Waals surface area contributed by atoms with E-state index >= 15 is 0 Å². The van der Waals surface area contributed by atoms with Crippen LogP contribution in [0.5, 0.6) is 11.5 Å². The second-order valence-electron chi connectivity index (χ2n) is 3.92. The number of rotatable bonds is 4. The number of anilines is 1. The summed E-state index contributed by atoms with van der Waals surface area (Å²) in [6.45, 7) is 0.0918. The predicted molar refractivity (Wildman–Crippen MR) is 68.1 cm³/mol. The summed E-state index contributed by atoms with van der Waals surface area (Å²) in [5, 5.41) is 0. The van der Waals surface area contributed by atoms with Gasteiger partial charge in [-0.1, -0.05) is 12.1 Å². The monoisotopic (exact) mass is 265 g/mol. The van der Waals surface area contributed by atoms with Crippen LogP contribution in [-0.2, 0) is 6.61 Å². The summed E-state index contributed by atoms with van der Waals surface area (Å²) in [5.74, 6) is -1.51. The summed E-state index contributed by atoms with van der Waals surface area (Å²) in [6.07, 6.45) is 0. The van der Waals surface area contributed by atoms with Crippen molar-refractivity contribution in [3.8, 4) is 11.5 Å². The second kappa shape index (κ2) is 5.56. The van der Waals surface area contributed by atoms with Crippen LogP contribution in [0.15, 0.2) is 36.4 Å². The van der Waals surface area contributed by atoms with Gasteiger partial charge >= 0.3 is 0 Å². The van der Waals surface area contributed by atoms with E-state index in [9.17, 15) is 8.78 Å². The van der Waals surface area contributed by atoms with Gasteiger partial charge in [0.1, 0.15) is 12.4 Å². The first-order valence-electron chi connectivity index (χ1n) is 5.61.